The first kappa shape index (κ1) is 13.4. The maximum atomic E-state index is 11.0. The quantitative estimate of drug-likeness (QED) is 0.881. The molecule has 2 atom stereocenters. The minimum Gasteiger partial charge on any atom is -0.465 e. The molecule has 1 aliphatic heterocycles. The molecule has 1 aliphatic rings. The van der Waals surface area contributed by atoms with E-state index < -0.39 is 6.09 Å². The summed E-state index contributed by atoms with van der Waals surface area (Å²) in [5, 5.41) is 18.4. The van der Waals surface area contributed by atoms with Gasteiger partial charge in [-0.15, -0.1) is 0 Å². The second kappa shape index (κ2) is 5.72. The average Bonchev–Trinajstić information content (AvgIpc) is 2.40. The van der Waals surface area contributed by atoms with Crippen molar-refractivity contribution in [2.75, 3.05) is 19.6 Å². The van der Waals surface area contributed by atoms with Gasteiger partial charge in [0, 0.05) is 25.7 Å². The van der Waals surface area contributed by atoms with Crippen molar-refractivity contribution in [3.8, 4) is 6.07 Å². The van der Waals surface area contributed by atoms with Crippen LogP contribution < -0.4 is 0 Å². The number of hydrogen-bond donors (Lipinski definition) is 1. The van der Waals surface area contributed by atoms with E-state index >= 15 is 0 Å². The van der Waals surface area contributed by atoms with Crippen molar-refractivity contribution in [2.45, 2.75) is 19.0 Å². The van der Waals surface area contributed by atoms with Gasteiger partial charge in [-0.25, -0.2) is 4.79 Å². The smallest absolute Gasteiger partial charge is 0.407 e. The zero-order valence-corrected chi connectivity index (χ0v) is 10.9. The predicted octanol–water partition coefficient (Wildman–Crippen LogP) is 1.94. The summed E-state index contributed by atoms with van der Waals surface area (Å²) < 4.78 is 0. The molecule has 1 amide bonds. The van der Waals surface area contributed by atoms with Gasteiger partial charge >= 0.3 is 6.09 Å². The highest BCUT2D eigenvalue weighted by Crippen LogP contribution is 2.23. The van der Waals surface area contributed by atoms with Crippen LogP contribution in [0.5, 0.6) is 0 Å². The molecule has 1 N–H and O–H groups in total. The number of piperazine rings is 1. The van der Waals surface area contributed by atoms with Gasteiger partial charge in [0.15, 0.2) is 0 Å². The summed E-state index contributed by atoms with van der Waals surface area (Å²) in [5.41, 5.74) is 0.959. The van der Waals surface area contributed by atoms with Gasteiger partial charge in [-0.2, -0.15) is 5.26 Å². The number of nitriles is 1. The summed E-state index contributed by atoms with van der Waals surface area (Å²) in [4.78, 5) is 14.5. The summed E-state index contributed by atoms with van der Waals surface area (Å²) in [5.74, 6) is 0. The molecule has 0 unspecified atom stereocenters. The van der Waals surface area contributed by atoms with Gasteiger partial charge in [-0.1, -0.05) is 30.3 Å². The number of rotatable bonds is 2. The van der Waals surface area contributed by atoms with Crippen LogP contribution in [-0.4, -0.2) is 46.7 Å². The molecule has 0 aromatic heterocycles. The van der Waals surface area contributed by atoms with Crippen LogP contribution in [0.3, 0.4) is 0 Å². The summed E-state index contributed by atoms with van der Waals surface area (Å²) in [6.45, 7) is 3.49. The highest BCUT2D eigenvalue weighted by Gasteiger charge is 2.31. The van der Waals surface area contributed by atoms with Crippen LogP contribution in [0.15, 0.2) is 30.3 Å². The third kappa shape index (κ3) is 2.85. The van der Waals surface area contributed by atoms with Crippen LogP contribution in [0, 0.1) is 11.3 Å². The number of hydrogen-bond acceptors (Lipinski definition) is 3. The van der Waals surface area contributed by atoms with Crippen LogP contribution in [0.1, 0.15) is 18.5 Å². The molecule has 1 heterocycles. The lowest BCUT2D eigenvalue weighted by atomic mass is 10.0. The molecule has 2 rings (SSSR count). The second-order valence-electron chi connectivity index (χ2n) is 4.76. The molecule has 0 bridgehead atoms. The van der Waals surface area contributed by atoms with Gasteiger partial charge in [0.05, 0.1) is 6.07 Å². The van der Waals surface area contributed by atoms with E-state index in [1.54, 1.807) is 0 Å². The largest absolute Gasteiger partial charge is 0.465 e. The number of carboxylic acid groups (broad SMARTS) is 1. The van der Waals surface area contributed by atoms with Crippen LogP contribution >= 0.6 is 0 Å². The molecular weight excluding hydrogens is 242 g/mol. The van der Waals surface area contributed by atoms with Crippen LogP contribution in [0.4, 0.5) is 4.79 Å². The Morgan fingerprint density at radius 2 is 2.11 bits per heavy atom. The first-order valence-electron chi connectivity index (χ1n) is 6.31. The molecule has 0 spiro atoms. The van der Waals surface area contributed by atoms with Crippen molar-refractivity contribution in [3.63, 3.8) is 0 Å². The molecule has 5 nitrogen and oxygen atoms in total. The van der Waals surface area contributed by atoms with Crippen molar-refractivity contribution in [1.29, 1.82) is 5.26 Å². The highest BCUT2D eigenvalue weighted by atomic mass is 16.4. The average molecular weight is 259 g/mol. The van der Waals surface area contributed by atoms with Gasteiger partial charge in [-0.05, 0) is 12.5 Å². The lowest BCUT2D eigenvalue weighted by Crippen LogP contribution is -2.54. The SMILES string of the molecule is C[C@@H]1CN([C@@H](C#N)c2ccccc2)CCN1C(=O)O. The fourth-order valence-electron chi connectivity index (χ4n) is 2.51. The summed E-state index contributed by atoms with van der Waals surface area (Å²) in [6.07, 6.45) is -0.889. The van der Waals surface area contributed by atoms with E-state index in [1.165, 1.54) is 4.90 Å². The summed E-state index contributed by atoms with van der Waals surface area (Å²) in [6, 6.07) is 11.5. The molecule has 1 saturated heterocycles. The molecular formula is C14H17N3O2. The summed E-state index contributed by atoms with van der Waals surface area (Å²) in [7, 11) is 0. The monoisotopic (exact) mass is 259 g/mol. The number of nitrogens with zero attached hydrogens (tertiary/aromatic N) is 3. The topological polar surface area (TPSA) is 67.6 Å². The van der Waals surface area contributed by atoms with Crippen LogP contribution in [-0.2, 0) is 0 Å². The van der Waals surface area contributed by atoms with E-state index in [-0.39, 0.29) is 12.1 Å². The highest BCUT2D eigenvalue weighted by molar-refractivity contribution is 5.65. The Kier molecular flexibility index (Phi) is 4.03. The standard InChI is InChI=1S/C14H17N3O2/c1-11-10-16(7-8-17(11)14(18)19)13(9-15)12-5-3-2-4-6-12/h2-6,11,13H,7-8,10H2,1H3,(H,18,19)/t11-,13+/m1/s1. The van der Waals surface area contributed by atoms with Gasteiger partial charge in [-0.3, -0.25) is 4.90 Å². The van der Waals surface area contributed by atoms with Gasteiger partial charge < -0.3 is 10.0 Å². The Labute approximate surface area is 112 Å². The van der Waals surface area contributed by atoms with Crippen molar-refractivity contribution in [3.05, 3.63) is 35.9 Å². The van der Waals surface area contributed by atoms with E-state index in [0.29, 0.717) is 19.6 Å². The maximum Gasteiger partial charge on any atom is 0.407 e. The van der Waals surface area contributed by atoms with Crippen LogP contribution in [0.25, 0.3) is 0 Å². The Bertz CT molecular complexity index is 483. The lowest BCUT2D eigenvalue weighted by Gasteiger charge is -2.40. The Morgan fingerprint density at radius 3 is 2.63 bits per heavy atom. The molecule has 5 heteroatoms. The molecule has 0 radical (unpaired) electrons. The molecule has 1 aromatic carbocycles. The van der Waals surface area contributed by atoms with Crippen LogP contribution in [0.2, 0.25) is 0 Å². The zero-order chi connectivity index (χ0) is 13.8. The number of amides is 1. The maximum absolute atomic E-state index is 11.0. The molecule has 0 saturated carbocycles. The fourth-order valence-corrected chi connectivity index (χ4v) is 2.51. The van der Waals surface area contributed by atoms with E-state index in [0.717, 1.165) is 5.56 Å². The first-order valence-corrected chi connectivity index (χ1v) is 6.31. The fraction of sp³-hybridized carbons (Fsp3) is 0.429. The minimum atomic E-state index is -0.889. The van der Waals surface area contributed by atoms with Gasteiger partial charge in [0.1, 0.15) is 6.04 Å². The van der Waals surface area contributed by atoms with E-state index in [2.05, 4.69) is 6.07 Å². The molecule has 1 fully saturated rings. The van der Waals surface area contributed by atoms with Crippen molar-refractivity contribution in [1.82, 2.24) is 9.80 Å². The van der Waals surface area contributed by atoms with E-state index in [4.69, 9.17) is 5.11 Å². The third-order valence-electron chi connectivity index (χ3n) is 3.51. The molecule has 19 heavy (non-hydrogen) atoms. The third-order valence-corrected chi connectivity index (χ3v) is 3.51. The summed E-state index contributed by atoms with van der Waals surface area (Å²) >= 11 is 0. The van der Waals surface area contributed by atoms with Crippen molar-refractivity contribution in [2.24, 2.45) is 0 Å². The molecule has 0 aliphatic carbocycles. The molecule has 100 valence electrons. The normalized spacial score (nSPS) is 21.7. The van der Waals surface area contributed by atoms with E-state index in [9.17, 15) is 10.1 Å². The minimum absolute atomic E-state index is 0.0918. The van der Waals surface area contributed by atoms with Crippen molar-refractivity contribution < 1.29 is 9.90 Å². The Balaban J connectivity index is 2.11. The van der Waals surface area contributed by atoms with Gasteiger partial charge in [0.25, 0.3) is 0 Å². The number of benzene rings is 1. The second-order valence-corrected chi connectivity index (χ2v) is 4.76. The Hall–Kier alpha value is -2.06. The first-order chi connectivity index (χ1) is 9.13. The Morgan fingerprint density at radius 1 is 1.42 bits per heavy atom. The zero-order valence-electron chi connectivity index (χ0n) is 10.9. The number of carbonyl (C=O) groups is 1. The lowest BCUT2D eigenvalue weighted by molar-refractivity contribution is 0.0641. The van der Waals surface area contributed by atoms with Crippen molar-refractivity contribution >= 4 is 6.09 Å². The molecule has 1 aromatic rings. The van der Waals surface area contributed by atoms with E-state index in [1.807, 2.05) is 42.2 Å². The van der Waals surface area contributed by atoms with Gasteiger partial charge in [0.2, 0.25) is 0 Å². The predicted molar refractivity (Wildman–Crippen MR) is 70.6 cm³/mol.